The van der Waals surface area contributed by atoms with Gasteiger partial charge in [-0.25, -0.2) is 0 Å². The number of hydrogen-bond acceptors (Lipinski definition) is 2. The van der Waals surface area contributed by atoms with Crippen molar-refractivity contribution >= 4 is 22.4 Å². The third-order valence-corrected chi connectivity index (χ3v) is 5.57. The van der Waals surface area contributed by atoms with E-state index >= 15 is 0 Å². The third kappa shape index (κ3) is 3.00. The average molecular weight is 245 g/mol. The van der Waals surface area contributed by atoms with Crippen LogP contribution in [0.3, 0.4) is 0 Å². The summed E-state index contributed by atoms with van der Waals surface area (Å²) in [4.78, 5) is 6.18. The van der Waals surface area contributed by atoms with E-state index in [4.69, 9.17) is 4.98 Å². The van der Waals surface area contributed by atoms with Crippen LogP contribution in [0.25, 0.3) is 0 Å². The van der Waals surface area contributed by atoms with Crippen LogP contribution in [-0.4, -0.2) is 11.1 Å². The Kier molecular flexibility index (Phi) is 6.57. The Bertz CT molecular complexity index is 325. The van der Waals surface area contributed by atoms with Gasteiger partial charge in [-0.15, -0.1) is 0 Å². The molecule has 1 nitrogen and oxygen atoms in total. The van der Waals surface area contributed by atoms with Crippen LogP contribution in [0.5, 0.6) is 0 Å². The van der Waals surface area contributed by atoms with Crippen molar-refractivity contribution in [3.8, 4) is 0 Å². The SMILES string of the molecule is Cc1csc([B-](C(C)C)(C(C)C)C(C)C)n1.[Li+]. The Balaban J connectivity index is 0.00000256. The summed E-state index contributed by atoms with van der Waals surface area (Å²) in [6.07, 6.45) is -0.542. The summed E-state index contributed by atoms with van der Waals surface area (Å²) in [5.41, 5.74) is 1.17. The molecule has 0 atom stereocenters. The maximum absolute atomic E-state index is 4.79. The molecular weight excluding hydrogens is 220 g/mol. The minimum Gasteiger partial charge on any atom is -0.290 e. The van der Waals surface area contributed by atoms with Gasteiger partial charge in [-0.1, -0.05) is 46.4 Å². The van der Waals surface area contributed by atoms with Gasteiger partial charge in [-0.05, 0) is 6.92 Å². The Morgan fingerprint density at radius 1 is 1.00 bits per heavy atom. The molecule has 1 aromatic rings. The molecule has 1 aromatic heterocycles. The summed E-state index contributed by atoms with van der Waals surface area (Å²) in [6.45, 7) is 16.2. The largest absolute Gasteiger partial charge is 1.00 e. The van der Waals surface area contributed by atoms with Gasteiger partial charge < -0.3 is 0 Å². The van der Waals surface area contributed by atoms with E-state index in [2.05, 4.69) is 53.8 Å². The van der Waals surface area contributed by atoms with Crippen molar-refractivity contribution < 1.29 is 18.9 Å². The van der Waals surface area contributed by atoms with Crippen molar-refractivity contribution in [3.05, 3.63) is 11.1 Å². The zero-order valence-electron chi connectivity index (χ0n) is 12.7. The number of thiazole rings is 1. The Labute approximate surface area is 123 Å². The van der Waals surface area contributed by atoms with Crippen LogP contribution in [0.1, 0.15) is 47.2 Å². The van der Waals surface area contributed by atoms with E-state index in [1.54, 1.807) is 0 Å². The minimum absolute atomic E-state index is 0. The Morgan fingerprint density at radius 2 is 1.41 bits per heavy atom. The molecule has 0 N–H and O–H groups in total. The van der Waals surface area contributed by atoms with Crippen LogP contribution in [0.2, 0.25) is 17.5 Å². The predicted octanol–water partition coefficient (Wildman–Crippen LogP) is 1.34. The number of aromatic nitrogens is 1. The topological polar surface area (TPSA) is 12.9 Å². The van der Waals surface area contributed by atoms with Crippen molar-refractivity contribution in [2.24, 2.45) is 0 Å². The second-order valence-corrected chi connectivity index (χ2v) is 7.03. The van der Waals surface area contributed by atoms with Crippen molar-refractivity contribution in [1.29, 1.82) is 0 Å². The van der Waals surface area contributed by atoms with Gasteiger partial charge in [0.05, 0.1) is 6.15 Å². The fourth-order valence-electron chi connectivity index (χ4n) is 3.77. The molecule has 0 aliphatic carbocycles. The van der Waals surface area contributed by atoms with Gasteiger partial charge in [0.15, 0.2) is 0 Å². The molecule has 0 saturated carbocycles. The van der Waals surface area contributed by atoms with Crippen molar-refractivity contribution in [3.63, 3.8) is 0 Å². The zero-order valence-corrected chi connectivity index (χ0v) is 13.6. The monoisotopic (exact) mass is 245 g/mol. The smallest absolute Gasteiger partial charge is 0.290 e. The summed E-state index contributed by atoms with van der Waals surface area (Å²) >= 11 is 1.86. The first kappa shape index (κ1) is 17.3. The molecule has 1 heterocycles. The van der Waals surface area contributed by atoms with Gasteiger partial charge in [-0.3, -0.25) is 4.98 Å². The quantitative estimate of drug-likeness (QED) is 0.729. The minimum atomic E-state index is -0.542. The van der Waals surface area contributed by atoms with Crippen LogP contribution in [-0.2, 0) is 0 Å². The standard InChI is InChI=1S/C13H25BNS.Li/c1-9(2)14(10(3)4,11(5)6)13-15-12(7)8-16-13;/h8-11H,1-7H3;/q-1;+1. The maximum Gasteiger partial charge on any atom is 1.00 e. The van der Waals surface area contributed by atoms with Crippen LogP contribution < -0.4 is 23.8 Å². The van der Waals surface area contributed by atoms with Crippen molar-refractivity contribution in [1.82, 2.24) is 4.98 Å². The molecular formula is C13H25BLiNS. The molecule has 0 spiro atoms. The normalized spacial score (nSPS) is 12.4. The number of nitrogens with zero attached hydrogens (tertiary/aromatic N) is 1. The molecule has 1 rings (SSSR count). The first-order valence-electron chi connectivity index (χ1n) is 6.43. The molecule has 0 unspecified atom stereocenters. The fourth-order valence-corrected chi connectivity index (χ4v) is 5.36. The summed E-state index contributed by atoms with van der Waals surface area (Å²) in [7, 11) is 0. The van der Waals surface area contributed by atoms with Crippen molar-refractivity contribution in [2.75, 3.05) is 0 Å². The van der Waals surface area contributed by atoms with E-state index in [0.29, 0.717) is 17.5 Å². The van der Waals surface area contributed by atoms with Gasteiger partial charge in [-0.2, -0.15) is 28.8 Å². The molecule has 0 bridgehead atoms. The predicted molar refractivity (Wildman–Crippen MR) is 77.5 cm³/mol. The van der Waals surface area contributed by atoms with Gasteiger partial charge >= 0.3 is 18.9 Å². The van der Waals surface area contributed by atoms with Crippen molar-refractivity contribution in [2.45, 2.75) is 65.9 Å². The molecule has 0 fully saturated rings. The first-order valence-corrected chi connectivity index (χ1v) is 7.31. The second-order valence-electron chi connectivity index (χ2n) is 6.14. The van der Waals surface area contributed by atoms with E-state index in [0.717, 1.165) is 0 Å². The van der Waals surface area contributed by atoms with E-state index in [1.807, 2.05) is 11.3 Å². The Hall–Kier alpha value is 0.292. The molecule has 0 amide bonds. The maximum atomic E-state index is 4.79. The Morgan fingerprint density at radius 3 is 1.65 bits per heavy atom. The van der Waals surface area contributed by atoms with E-state index in [-0.39, 0.29) is 18.9 Å². The molecule has 0 saturated heterocycles. The van der Waals surface area contributed by atoms with Gasteiger partial charge in [0.25, 0.3) is 0 Å². The molecule has 0 aliphatic heterocycles. The van der Waals surface area contributed by atoms with Crippen LogP contribution in [0.4, 0.5) is 0 Å². The number of aryl methyl sites for hydroxylation is 1. The van der Waals surface area contributed by atoms with E-state index < -0.39 is 6.15 Å². The number of hydrogen-bond donors (Lipinski definition) is 0. The molecule has 4 heteroatoms. The van der Waals surface area contributed by atoms with Gasteiger partial charge in [0, 0.05) is 11.1 Å². The molecule has 92 valence electrons. The molecule has 17 heavy (non-hydrogen) atoms. The summed E-state index contributed by atoms with van der Waals surface area (Å²) in [5.74, 6) is 2.06. The summed E-state index contributed by atoms with van der Waals surface area (Å²) < 4.78 is 0. The molecule has 0 radical (unpaired) electrons. The zero-order chi connectivity index (χ0) is 12.5. The average Bonchev–Trinajstić information content (AvgIpc) is 2.50. The first-order chi connectivity index (χ1) is 7.33. The fraction of sp³-hybridized carbons (Fsp3) is 0.769. The van der Waals surface area contributed by atoms with Crippen LogP contribution in [0, 0.1) is 6.92 Å². The number of rotatable bonds is 4. The summed E-state index contributed by atoms with van der Waals surface area (Å²) in [5, 5.41) is 2.19. The molecule has 0 aliphatic rings. The molecule has 0 aromatic carbocycles. The summed E-state index contributed by atoms with van der Waals surface area (Å²) in [6, 6.07) is 0. The van der Waals surface area contributed by atoms with Crippen LogP contribution in [0.15, 0.2) is 5.38 Å². The third-order valence-electron chi connectivity index (χ3n) is 4.37. The van der Waals surface area contributed by atoms with Gasteiger partial charge in [0.2, 0.25) is 0 Å². The van der Waals surface area contributed by atoms with E-state index in [9.17, 15) is 0 Å². The van der Waals surface area contributed by atoms with E-state index in [1.165, 1.54) is 10.6 Å². The van der Waals surface area contributed by atoms with Crippen LogP contribution >= 0.6 is 11.3 Å². The second kappa shape index (κ2) is 6.46. The van der Waals surface area contributed by atoms with Gasteiger partial charge in [0.1, 0.15) is 0 Å².